The van der Waals surface area contributed by atoms with Gasteiger partial charge >= 0.3 is 0 Å². The monoisotopic (exact) mass is 174 g/mol. The highest BCUT2D eigenvalue weighted by Crippen LogP contribution is 2.26. The summed E-state index contributed by atoms with van der Waals surface area (Å²) in [6.45, 7) is 6.21. The van der Waals surface area contributed by atoms with Crippen LogP contribution in [-0.4, -0.2) is 11.4 Å². The van der Waals surface area contributed by atoms with Gasteiger partial charge in [0.15, 0.2) is 0 Å². The minimum absolute atomic E-state index is 0.168. The fourth-order valence-electron chi connectivity index (χ4n) is 1.74. The molecule has 1 aliphatic heterocycles. The quantitative estimate of drug-likeness (QED) is 0.642. The smallest absolute Gasteiger partial charge is 0.124 e. The second-order valence-electron chi connectivity index (χ2n) is 3.93. The highest BCUT2D eigenvalue weighted by Gasteiger charge is 2.22. The van der Waals surface area contributed by atoms with E-state index in [-0.39, 0.29) is 5.66 Å². The van der Waals surface area contributed by atoms with Gasteiger partial charge in [0, 0.05) is 17.0 Å². The van der Waals surface area contributed by atoms with E-state index >= 15 is 0 Å². The van der Waals surface area contributed by atoms with E-state index in [1.54, 1.807) is 0 Å². The maximum absolute atomic E-state index is 4.56. The second-order valence-corrected chi connectivity index (χ2v) is 3.93. The average molecular weight is 174 g/mol. The first kappa shape index (κ1) is 8.30. The SMILES string of the molecule is CC1=NC(C)(C)Nc2ccccc21. The van der Waals surface area contributed by atoms with Crippen LogP contribution in [0, 0.1) is 0 Å². The topological polar surface area (TPSA) is 24.4 Å². The third-order valence-electron chi connectivity index (χ3n) is 2.20. The molecule has 68 valence electrons. The van der Waals surface area contributed by atoms with Crippen LogP contribution in [0.3, 0.4) is 0 Å². The molecular weight excluding hydrogens is 160 g/mol. The first-order chi connectivity index (χ1) is 6.08. The largest absolute Gasteiger partial charge is 0.361 e. The minimum Gasteiger partial charge on any atom is -0.361 e. The van der Waals surface area contributed by atoms with Gasteiger partial charge in [0.25, 0.3) is 0 Å². The Morgan fingerprint density at radius 1 is 1.23 bits per heavy atom. The third-order valence-corrected chi connectivity index (χ3v) is 2.20. The number of aliphatic imine (C=N–C) groups is 1. The number of rotatable bonds is 0. The molecule has 0 atom stereocenters. The molecular formula is C11H14N2. The van der Waals surface area contributed by atoms with Crippen LogP contribution < -0.4 is 5.32 Å². The maximum Gasteiger partial charge on any atom is 0.124 e. The van der Waals surface area contributed by atoms with E-state index in [1.165, 1.54) is 11.3 Å². The van der Waals surface area contributed by atoms with Gasteiger partial charge in [-0.15, -0.1) is 0 Å². The first-order valence-corrected chi connectivity index (χ1v) is 4.52. The number of benzene rings is 1. The summed E-state index contributed by atoms with van der Waals surface area (Å²) in [5.41, 5.74) is 3.33. The molecule has 0 spiro atoms. The molecule has 1 heterocycles. The molecule has 0 radical (unpaired) electrons. The van der Waals surface area contributed by atoms with E-state index in [0.29, 0.717) is 0 Å². The molecule has 0 aromatic heterocycles. The van der Waals surface area contributed by atoms with Gasteiger partial charge in [0.05, 0.1) is 0 Å². The molecule has 1 N–H and O–H groups in total. The van der Waals surface area contributed by atoms with Crippen molar-refractivity contribution < 1.29 is 0 Å². The van der Waals surface area contributed by atoms with E-state index in [1.807, 2.05) is 12.1 Å². The molecule has 0 saturated carbocycles. The fraction of sp³-hybridized carbons (Fsp3) is 0.364. The number of nitrogens with one attached hydrogen (secondary N) is 1. The Morgan fingerprint density at radius 3 is 2.69 bits per heavy atom. The lowest BCUT2D eigenvalue weighted by atomic mass is 10.0. The number of hydrogen-bond donors (Lipinski definition) is 1. The van der Waals surface area contributed by atoms with Crippen molar-refractivity contribution in [3.8, 4) is 0 Å². The highest BCUT2D eigenvalue weighted by atomic mass is 15.1. The van der Waals surface area contributed by atoms with Crippen LogP contribution in [0.25, 0.3) is 0 Å². The van der Waals surface area contributed by atoms with Crippen LogP contribution in [0.4, 0.5) is 5.69 Å². The Kier molecular flexibility index (Phi) is 1.65. The number of para-hydroxylation sites is 1. The molecule has 0 bridgehead atoms. The summed E-state index contributed by atoms with van der Waals surface area (Å²) in [4.78, 5) is 4.56. The van der Waals surface area contributed by atoms with Gasteiger partial charge in [-0.05, 0) is 26.8 Å². The lowest BCUT2D eigenvalue weighted by molar-refractivity contribution is 0.596. The van der Waals surface area contributed by atoms with Crippen molar-refractivity contribution in [3.05, 3.63) is 29.8 Å². The second kappa shape index (κ2) is 2.59. The molecule has 2 nitrogen and oxygen atoms in total. The van der Waals surface area contributed by atoms with Gasteiger partial charge in [0.1, 0.15) is 5.66 Å². The van der Waals surface area contributed by atoms with Gasteiger partial charge in [-0.3, -0.25) is 4.99 Å². The molecule has 1 aromatic carbocycles. The summed E-state index contributed by atoms with van der Waals surface area (Å²) < 4.78 is 0. The van der Waals surface area contributed by atoms with Gasteiger partial charge in [0.2, 0.25) is 0 Å². The normalized spacial score (nSPS) is 18.5. The van der Waals surface area contributed by atoms with Crippen molar-refractivity contribution in [1.82, 2.24) is 0 Å². The Bertz CT molecular complexity index is 364. The number of hydrogen-bond acceptors (Lipinski definition) is 2. The lowest BCUT2D eigenvalue weighted by Crippen LogP contribution is -2.33. The third kappa shape index (κ3) is 1.44. The molecule has 2 rings (SSSR count). The summed E-state index contributed by atoms with van der Waals surface area (Å²) in [5.74, 6) is 0. The van der Waals surface area contributed by atoms with Gasteiger partial charge in [-0.25, -0.2) is 0 Å². The van der Waals surface area contributed by atoms with Crippen LogP contribution in [0.2, 0.25) is 0 Å². The van der Waals surface area contributed by atoms with E-state index in [9.17, 15) is 0 Å². The molecule has 0 fully saturated rings. The summed E-state index contributed by atoms with van der Waals surface area (Å²) in [6.07, 6.45) is 0. The zero-order valence-corrected chi connectivity index (χ0v) is 8.26. The Labute approximate surface area is 78.7 Å². The van der Waals surface area contributed by atoms with Crippen molar-refractivity contribution in [3.63, 3.8) is 0 Å². The molecule has 1 aromatic rings. The predicted octanol–water partition coefficient (Wildman–Crippen LogP) is 2.66. The summed E-state index contributed by atoms with van der Waals surface area (Å²) in [5, 5.41) is 3.38. The minimum atomic E-state index is -0.168. The molecule has 0 unspecified atom stereocenters. The van der Waals surface area contributed by atoms with Gasteiger partial charge in [-0.2, -0.15) is 0 Å². The van der Waals surface area contributed by atoms with Crippen LogP contribution >= 0.6 is 0 Å². The molecule has 1 aliphatic rings. The van der Waals surface area contributed by atoms with E-state index in [2.05, 4.69) is 43.2 Å². The Hall–Kier alpha value is -1.31. The Balaban J connectivity index is 2.55. The maximum atomic E-state index is 4.56. The first-order valence-electron chi connectivity index (χ1n) is 4.52. The molecule has 0 aliphatic carbocycles. The van der Waals surface area contributed by atoms with Crippen LogP contribution in [-0.2, 0) is 0 Å². The summed E-state index contributed by atoms with van der Waals surface area (Å²) in [6, 6.07) is 8.27. The standard InChI is InChI=1S/C11H14N2/c1-8-9-6-4-5-7-10(9)13-11(2,3)12-8/h4-7,13H,1-3H3. The zero-order valence-electron chi connectivity index (χ0n) is 8.26. The van der Waals surface area contributed by atoms with Crippen molar-refractivity contribution in [1.29, 1.82) is 0 Å². The summed E-state index contributed by atoms with van der Waals surface area (Å²) in [7, 11) is 0. The zero-order chi connectivity index (χ0) is 9.47. The Morgan fingerprint density at radius 2 is 1.92 bits per heavy atom. The van der Waals surface area contributed by atoms with Gasteiger partial charge < -0.3 is 5.32 Å². The van der Waals surface area contributed by atoms with E-state index in [4.69, 9.17) is 0 Å². The number of fused-ring (bicyclic) bond motifs is 1. The average Bonchev–Trinajstić information content (AvgIpc) is 2.02. The van der Waals surface area contributed by atoms with E-state index < -0.39 is 0 Å². The van der Waals surface area contributed by atoms with Crippen LogP contribution in [0.5, 0.6) is 0 Å². The summed E-state index contributed by atoms with van der Waals surface area (Å²) >= 11 is 0. The van der Waals surface area contributed by atoms with Crippen molar-refractivity contribution in [2.24, 2.45) is 4.99 Å². The van der Waals surface area contributed by atoms with Crippen LogP contribution in [0.1, 0.15) is 26.3 Å². The molecule has 13 heavy (non-hydrogen) atoms. The van der Waals surface area contributed by atoms with Crippen LogP contribution in [0.15, 0.2) is 29.3 Å². The van der Waals surface area contributed by atoms with Crippen molar-refractivity contribution in [2.75, 3.05) is 5.32 Å². The number of nitrogens with zero attached hydrogens (tertiary/aromatic N) is 1. The lowest BCUT2D eigenvalue weighted by Gasteiger charge is -2.30. The van der Waals surface area contributed by atoms with E-state index in [0.717, 1.165) is 5.71 Å². The fourth-order valence-corrected chi connectivity index (χ4v) is 1.74. The molecule has 0 saturated heterocycles. The van der Waals surface area contributed by atoms with Gasteiger partial charge in [-0.1, -0.05) is 18.2 Å². The predicted molar refractivity (Wildman–Crippen MR) is 56.4 cm³/mol. The number of anilines is 1. The molecule has 2 heteroatoms. The highest BCUT2D eigenvalue weighted by molar-refractivity contribution is 6.05. The van der Waals surface area contributed by atoms with Crippen molar-refractivity contribution in [2.45, 2.75) is 26.4 Å². The molecule has 0 amide bonds. The van der Waals surface area contributed by atoms with Crippen molar-refractivity contribution >= 4 is 11.4 Å².